The Morgan fingerprint density at radius 3 is 2.55 bits per heavy atom. The Morgan fingerprint density at radius 1 is 1.10 bits per heavy atom. The summed E-state index contributed by atoms with van der Waals surface area (Å²) in [7, 11) is 0. The number of alkyl halides is 3. The Hall–Kier alpha value is -2.24. The highest BCUT2D eigenvalue weighted by Gasteiger charge is 2.28. The molecule has 1 heterocycles. The first-order valence-electron chi connectivity index (χ1n) is 8.81. The van der Waals surface area contributed by atoms with Gasteiger partial charge in [0.2, 0.25) is 5.88 Å². The summed E-state index contributed by atoms with van der Waals surface area (Å²) in [6.45, 7) is 2.49. The van der Waals surface area contributed by atoms with Crippen LogP contribution in [-0.2, 0) is 6.54 Å². The zero-order valence-corrected chi connectivity index (χ0v) is 18.2. The van der Waals surface area contributed by atoms with Crippen molar-refractivity contribution in [3.05, 3.63) is 54.2 Å². The van der Waals surface area contributed by atoms with Gasteiger partial charge in [-0.2, -0.15) is 13.2 Å². The van der Waals surface area contributed by atoms with E-state index >= 15 is 0 Å². The standard InChI is InChI=1S/C19H23F3N4O2.HI/c1-2-23-18(25-10-11-27-16-6-4-3-5-7-16)26-13-15-8-9-24-17(12-15)28-14-19(20,21)22;/h3-9,12H,2,10-11,13-14H2,1H3,(H2,23,25,26);1H. The molecule has 0 aliphatic carbocycles. The molecule has 2 aromatic rings. The Kier molecular flexibility index (Phi) is 11.2. The van der Waals surface area contributed by atoms with Crippen LogP contribution >= 0.6 is 24.0 Å². The summed E-state index contributed by atoms with van der Waals surface area (Å²) < 4.78 is 47.0. The van der Waals surface area contributed by atoms with Crippen LogP contribution in [0, 0.1) is 0 Å². The summed E-state index contributed by atoms with van der Waals surface area (Å²) in [4.78, 5) is 8.19. The zero-order chi connectivity index (χ0) is 20.2. The smallest absolute Gasteiger partial charge is 0.422 e. The largest absolute Gasteiger partial charge is 0.492 e. The second-order valence-electron chi connectivity index (χ2n) is 5.69. The summed E-state index contributed by atoms with van der Waals surface area (Å²) in [6.07, 6.45) is -3.01. The molecule has 0 fully saturated rings. The minimum absolute atomic E-state index is 0. The number of para-hydroxylation sites is 1. The third-order valence-corrected chi connectivity index (χ3v) is 3.35. The van der Waals surface area contributed by atoms with Gasteiger partial charge in [-0.05, 0) is 30.7 Å². The molecule has 0 atom stereocenters. The van der Waals surface area contributed by atoms with Crippen molar-refractivity contribution in [2.75, 3.05) is 26.3 Å². The quantitative estimate of drug-likeness (QED) is 0.226. The monoisotopic (exact) mass is 524 g/mol. The van der Waals surface area contributed by atoms with Crippen LogP contribution in [0.2, 0.25) is 0 Å². The van der Waals surface area contributed by atoms with Crippen LogP contribution in [0.3, 0.4) is 0 Å². The molecule has 1 aromatic carbocycles. The Morgan fingerprint density at radius 2 is 1.86 bits per heavy atom. The van der Waals surface area contributed by atoms with Gasteiger partial charge in [0.15, 0.2) is 12.6 Å². The van der Waals surface area contributed by atoms with Crippen molar-refractivity contribution in [1.82, 2.24) is 15.6 Å². The molecule has 0 aliphatic heterocycles. The van der Waals surface area contributed by atoms with Gasteiger partial charge in [0.05, 0.1) is 13.1 Å². The molecular weight excluding hydrogens is 500 g/mol. The molecular formula is C19H24F3IN4O2. The molecule has 0 saturated heterocycles. The highest BCUT2D eigenvalue weighted by atomic mass is 127. The predicted molar refractivity (Wildman–Crippen MR) is 116 cm³/mol. The topological polar surface area (TPSA) is 67.8 Å². The number of aliphatic imine (C=N–C) groups is 1. The second-order valence-corrected chi connectivity index (χ2v) is 5.69. The fourth-order valence-electron chi connectivity index (χ4n) is 2.15. The lowest BCUT2D eigenvalue weighted by molar-refractivity contribution is -0.154. The third-order valence-electron chi connectivity index (χ3n) is 3.35. The molecule has 29 heavy (non-hydrogen) atoms. The summed E-state index contributed by atoms with van der Waals surface area (Å²) in [6, 6.07) is 12.6. The maximum atomic E-state index is 12.2. The van der Waals surface area contributed by atoms with Gasteiger partial charge < -0.3 is 20.1 Å². The number of pyridine rings is 1. The lowest BCUT2D eigenvalue weighted by atomic mass is 10.3. The van der Waals surface area contributed by atoms with Gasteiger partial charge in [0.1, 0.15) is 12.4 Å². The van der Waals surface area contributed by atoms with Crippen LogP contribution in [0.1, 0.15) is 12.5 Å². The van der Waals surface area contributed by atoms with E-state index < -0.39 is 12.8 Å². The van der Waals surface area contributed by atoms with E-state index in [1.165, 1.54) is 12.3 Å². The molecule has 0 unspecified atom stereocenters. The van der Waals surface area contributed by atoms with Gasteiger partial charge in [-0.25, -0.2) is 9.98 Å². The van der Waals surface area contributed by atoms with Gasteiger partial charge in [-0.15, -0.1) is 24.0 Å². The fraction of sp³-hybridized carbons (Fsp3) is 0.368. The van der Waals surface area contributed by atoms with E-state index in [1.807, 2.05) is 37.3 Å². The maximum Gasteiger partial charge on any atom is 0.422 e. The first-order valence-corrected chi connectivity index (χ1v) is 8.81. The number of ether oxygens (including phenoxy) is 2. The van der Waals surface area contributed by atoms with E-state index in [2.05, 4.69) is 25.3 Å². The van der Waals surface area contributed by atoms with E-state index in [1.54, 1.807) is 6.07 Å². The van der Waals surface area contributed by atoms with Crippen LogP contribution in [0.15, 0.2) is 53.7 Å². The molecule has 2 rings (SSSR count). The van der Waals surface area contributed by atoms with E-state index in [-0.39, 0.29) is 36.4 Å². The summed E-state index contributed by atoms with van der Waals surface area (Å²) in [5.74, 6) is 1.28. The lowest BCUT2D eigenvalue weighted by Crippen LogP contribution is -2.39. The molecule has 0 radical (unpaired) electrons. The average Bonchev–Trinajstić information content (AvgIpc) is 2.68. The molecule has 10 heteroatoms. The number of hydrogen-bond donors (Lipinski definition) is 2. The van der Waals surface area contributed by atoms with E-state index in [9.17, 15) is 13.2 Å². The van der Waals surface area contributed by atoms with Gasteiger partial charge in [-0.1, -0.05) is 18.2 Å². The second kappa shape index (κ2) is 13.1. The molecule has 0 bridgehead atoms. The Balaban J connectivity index is 0.00000420. The van der Waals surface area contributed by atoms with E-state index in [0.717, 1.165) is 5.75 Å². The number of guanidine groups is 1. The number of nitrogens with one attached hydrogen (secondary N) is 2. The van der Waals surface area contributed by atoms with Gasteiger partial charge in [0, 0.05) is 18.8 Å². The number of hydrogen-bond acceptors (Lipinski definition) is 4. The van der Waals surface area contributed by atoms with Crippen LogP contribution < -0.4 is 20.1 Å². The number of halogens is 4. The third kappa shape index (κ3) is 10.8. The number of nitrogens with zero attached hydrogens (tertiary/aromatic N) is 2. The van der Waals surface area contributed by atoms with Gasteiger partial charge in [0.25, 0.3) is 0 Å². The first-order chi connectivity index (χ1) is 13.5. The maximum absolute atomic E-state index is 12.2. The molecule has 160 valence electrons. The molecule has 0 saturated carbocycles. The van der Waals surface area contributed by atoms with Crippen molar-refractivity contribution in [3.8, 4) is 11.6 Å². The normalized spacial score (nSPS) is 11.4. The molecule has 2 N–H and O–H groups in total. The summed E-state index contributed by atoms with van der Waals surface area (Å²) in [5, 5.41) is 6.24. The summed E-state index contributed by atoms with van der Waals surface area (Å²) >= 11 is 0. The van der Waals surface area contributed by atoms with E-state index in [0.29, 0.717) is 31.2 Å². The molecule has 0 amide bonds. The SMILES string of the molecule is CCNC(=NCc1ccnc(OCC(F)(F)F)c1)NCCOc1ccccc1.I. The lowest BCUT2D eigenvalue weighted by Gasteiger charge is -2.12. The Labute approximate surface area is 184 Å². The average molecular weight is 524 g/mol. The van der Waals surface area contributed by atoms with Crippen molar-refractivity contribution in [2.24, 2.45) is 4.99 Å². The van der Waals surface area contributed by atoms with Crippen molar-refractivity contribution in [2.45, 2.75) is 19.6 Å². The Bertz CT molecular complexity index is 746. The van der Waals surface area contributed by atoms with Crippen LogP contribution in [0.5, 0.6) is 11.6 Å². The van der Waals surface area contributed by atoms with Crippen LogP contribution in [0.4, 0.5) is 13.2 Å². The molecule has 1 aromatic heterocycles. The first kappa shape index (κ1) is 24.8. The highest BCUT2D eigenvalue weighted by molar-refractivity contribution is 14.0. The fourth-order valence-corrected chi connectivity index (χ4v) is 2.15. The van der Waals surface area contributed by atoms with Crippen LogP contribution in [0.25, 0.3) is 0 Å². The van der Waals surface area contributed by atoms with E-state index in [4.69, 9.17) is 4.74 Å². The van der Waals surface area contributed by atoms with Crippen LogP contribution in [-0.4, -0.2) is 43.4 Å². The molecule has 0 aliphatic rings. The highest BCUT2D eigenvalue weighted by Crippen LogP contribution is 2.17. The number of aromatic nitrogens is 1. The van der Waals surface area contributed by atoms with Gasteiger partial charge in [-0.3, -0.25) is 0 Å². The van der Waals surface area contributed by atoms with Crippen molar-refractivity contribution in [1.29, 1.82) is 0 Å². The zero-order valence-electron chi connectivity index (χ0n) is 15.9. The minimum atomic E-state index is -4.40. The number of rotatable bonds is 9. The molecule has 6 nitrogen and oxygen atoms in total. The van der Waals surface area contributed by atoms with Crippen molar-refractivity contribution < 1.29 is 22.6 Å². The van der Waals surface area contributed by atoms with Crippen molar-refractivity contribution in [3.63, 3.8) is 0 Å². The van der Waals surface area contributed by atoms with Crippen molar-refractivity contribution >= 4 is 29.9 Å². The number of benzene rings is 1. The predicted octanol–water partition coefficient (Wildman–Crippen LogP) is 3.77. The minimum Gasteiger partial charge on any atom is -0.492 e. The summed E-state index contributed by atoms with van der Waals surface area (Å²) in [5.41, 5.74) is 0.685. The molecule has 0 spiro atoms. The van der Waals surface area contributed by atoms with Gasteiger partial charge >= 0.3 is 6.18 Å².